The maximum absolute atomic E-state index is 12.6. The Kier molecular flexibility index (Phi) is 5.37. The molecule has 1 unspecified atom stereocenters. The van der Waals surface area contributed by atoms with E-state index < -0.39 is 18.7 Å². The van der Waals surface area contributed by atoms with Crippen LogP contribution in [0.25, 0.3) is 0 Å². The highest BCUT2D eigenvalue weighted by molar-refractivity contribution is 7.54. The second-order valence-corrected chi connectivity index (χ2v) is 7.00. The number of carbonyl (C=O) groups excluding carboxylic acids is 1. The Balaban J connectivity index is 2.64. The molecule has 0 aromatic heterocycles. The Morgan fingerprint density at radius 3 is 2.04 bits per heavy atom. The van der Waals surface area contributed by atoms with Crippen LogP contribution in [0.4, 0.5) is 0 Å². The number of hydrogen-bond donors (Lipinski definition) is 2. The van der Waals surface area contributed by atoms with E-state index in [1.165, 1.54) is 0 Å². The van der Waals surface area contributed by atoms with Gasteiger partial charge < -0.3 is 14.5 Å². The lowest BCUT2D eigenvalue weighted by Crippen LogP contribution is -2.39. The van der Waals surface area contributed by atoms with Gasteiger partial charge in [-0.05, 0) is 18.1 Å². The molecule has 0 radical (unpaired) electrons. The molecule has 0 amide bonds. The summed E-state index contributed by atoms with van der Waals surface area (Å²) >= 11 is 0. The largest absolute Gasteiger partial charge is 0.465 e. The van der Waals surface area contributed by atoms with Crippen molar-refractivity contribution in [3.8, 4) is 0 Å². The van der Waals surface area contributed by atoms with E-state index in [1.54, 1.807) is 67.6 Å². The topological polar surface area (TPSA) is 83.8 Å². The molecule has 1 atom stereocenters. The van der Waals surface area contributed by atoms with Crippen LogP contribution in [0.15, 0.2) is 60.7 Å². The van der Waals surface area contributed by atoms with E-state index in [2.05, 4.69) is 0 Å². The van der Waals surface area contributed by atoms with E-state index in [9.17, 15) is 19.1 Å². The van der Waals surface area contributed by atoms with Gasteiger partial charge >= 0.3 is 13.6 Å². The lowest BCUT2D eigenvalue weighted by atomic mass is 9.91. The van der Waals surface area contributed by atoms with Gasteiger partial charge in [-0.25, -0.2) is 0 Å². The van der Waals surface area contributed by atoms with Gasteiger partial charge in [-0.2, -0.15) is 0 Å². The molecule has 0 aliphatic heterocycles. The van der Waals surface area contributed by atoms with Crippen LogP contribution in [-0.4, -0.2) is 22.4 Å². The number of benzene rings is 2. The summed E-state index contributed by atoms with van der Waals surface area (Å²) in [5.41, 5.74) is 0.892. The van der Waals surface area contributed by atoms with Crippen LogP contribution in [0.3, 0.4) is 0 Å². The minimum absolute atomic E-state index is 0.0439. The summed E-state index contributed by atoms with van der Waals surface area (Å²) in [7, 11) is -4.85. The van der Waals surface area contributed by atoms with Crippen molar-refractivity contribution in [2.24, 2.45) is 0 Å². The third-order valence-electron chi connectivity index (χ3n) is 3.66. The molecular weight excluding hydrogens is 315 g/mol. The maximum atomic E-state index is 12.6. The first-order valence-electron chi connectivity index (χ1n) is 7.24. The standard InChI is InChI=1S/C17H19O5P/c1-2-22-16(18)17(23(19,20)21,15-11-7-4-8-12-15)13-14-9-5-3-6-10-14/h3-12H,2,13H2,1H3,(H2,19,20,21). The van der Waals surface area contributed by atoms with E-state index >= 15 is 0 Å². The van der Waals surface area contributed by atoms with E-state index in [4.69, 9.17) is 4.74 Å². The summed E-state index contributed by atoms with van der Waals surface area (Å²) in [5, 5.41) is -2.05. The van der Waals surface area contributed by atoms with Crippen LogP contribution in [0.1, 0.15) is 18.1 Å². The van der Waals surface area contributed by atoms with Gasteiger partial charge in [0.25, 0.3) is 0 Å². The molecular formula is C17H19O5P. The molecule has 23 heavy (non-hydrogen) atoms. The lowest BCUT2D eigenvalue weighted by Gasteiger charge is -2.32. The van der Waals surface area contributed by atoms with Crippen molar-refractivity contribution in [3.63, 3.8) is 0 Å². The fraction of sp³-hybridized carbons (Fsp3) is 0.235. The smallest absolute Gasteiger partial charge is 0.347 e. The van der Waals surface area contributed by atoms with Crippen LogP contribution in [0, 0.1) is 0 Å². The van der Waals surface area contributed by atoms with Crippen LogP contribution in [0.2, 0.25) is 0 Å². The van der Waals surface area contributed by atoms with Crippen LogP contribution < -0.4 is 0 Å². The normalized spacial score (nSPS) is 14.0. The van der Waals surface area contributed by atoms with Gasteiger partial charge in [0, 0.05) is 6.42 Å². The zero-order chi connectivity index (χ0) is 16.9. The Morgan fingerprint density at radius 2 is 1.57 bits per heavy atom. The monoisotopic (exact) mass is 334 g/mol. The molecule has 0 bridgehead atoms. The second-order valence-electron chi connectivity index (χ2n) is 5.15. The average Bonchev–Trinajstić information content (AvgIpc) is 2.53. The van der Waals surface area contributed by atoms with Gasteiger partial charge in [-0.3, -0.25) is 9.36 Å². The minimum Gasteiger partial charge on any atom is -0.465 e. The van der Waals surface area contributed by atoms with E-state index in [0.29, 0.717) is 5.56 Å². The second kappa shape index (κ2) is 7.09. The molecule has 2 aromatic carbocycles. The van der Waals surface area contributed by atoms with Crippen LogP contribution in [-0.2, 0) is 25.7 Å². The molecule has 122 valence electrons. The molecule has 5 nitrogen and oxygen atoms in total. The average molecular weight is 334 g/mol. The Morgan fingerprint density at radius 1 is 1.04 bits per heavy atom. The Bertz CT molecular complexity index is 695. The number of hydrogen-bond acceptors (Lipinski definition) is 3. The Labute approximate surface area is 135 Å². The molecule has 0 aliphatic rings. The van der Waals surface area contributed by atoms with Crippen molar-refractivity contribution >= 4 is 13.6 Å². The first-order valence-corrected chi connectivity index (χ1v) is 8.85. The molecule has 2 aromatic rings. The third kappa shape index (κ3) is 3.53. The number of ether oxygens (including phenoxy) is 1. The lowest BCUT2D eigenvalue weighted by molar-refractivity contribution is -0.147. The molecule has 0 fully saturated rings. The molecule has 2 rings (SSSR count). The van der Waals surface area contributed by atoms with Gasteiger partial charge in [-0.1, -0.05) is 60.7 Å². The third-order valence-corrected chi connectivity index (χ3v) is 5.26. The highest BCUT2D eigenvalue weighted by atomic mass is 31.2. The minimum atomic E-state index is -4.85. The molecule has 0 spiro atoms. The number of esters is 1. The fourth-order valence-corrected chi connectivity index (χ4v) is 3.71. The van der Waals surface area contributed by atoms with Gasteiger partial charge in [0.05, 0.1) is 6.61 Å². The molecule has 0 aliphatic carbocycles. The molecule has 2 N–H and O–H groups in total. The summed E-state index contributed by atoms with van der Waals surface area (Å²) in [6.45, 7) is 1.65. The first-order chi connectivity index (χ1) is 10.9. The fourth-order valence-electron chi connectivity index (χ4n) is 2.54. The summed E-state index contributed by atoms with van der Waals surface area (Å²) in [6.07, 6.45) is -0.138. The highest BCUT2D eigenvalue weighted by Gasteiger charge is 2.56. The Hall–Kier alpha value is -1.94. The van der Waals surface area contributed by atoms with Gasteiger partial charge in [0.15, 0.2) is 5.16 Å². The van der Waals surface area contributed by atoms with Crippen molar-refractivity contribution in [1.29, 1.82) is 0 Å². The SMILES string of the molecule is CCOC(=O)C(Cc1ccccc1)(c1ccccc1)P(=O)(O)O. The summed E-state index contributed by atoms with van der Waals surface area (Å²) in [6, 6.07) is 16.9. The summed E-state index contributed by atoms with van der Waals surface area (Å²) in [5.74, 6) is -0.914. The summed E-state index contributed by atoms with van der Waals surface area (Å²) < 4.78 is 17.4. The van der Waals surface area contributed by atoms with Gasteiger partial charge in [-0.15, -0.1) is 0 Å². The van der Waals surface area contributed by atoms with E-state index in [1.807, 2.05) is 0 Å². The number of rotatable bonds is 6. The van der Waals surface area contributed by atoms with Crippen molar-refractivity contribution in [1.82, 2.24) is 0 Å². The quantitative estimate of drug-likeness (QED) is 0.627. The maximum Gasteiger partial charge on any atom is 0.347 e. The first kappa shape index (κ1) is 17.4. The highest BCUT2D eigenvalue weighted by Crippen LogP contribution is 2.59. The van der Waals surface area contributed by atoms with Crippen LogP contribution >= 0.6 is 7.60 Å². The molecule has 0 heterocycles. The van der Waals surface area contributed by atoms with Crippen LogP contribution in [0.5, 0.6) is 0 Å². The van der Waals surface area contributed by atoms with E-state index in [0.717, 1.165) is 0 Å². The van der Waals surface area contributed by atoms with E-state index in [-0.39, 0.29) is 18.6 Å². The van der Waals surface area contributed by atoms with Crippen molar-refractivity contribution < 1.29 is 23.9 Å². The predicted octanol–water partition coefficient (Wildman–Crippen LogP) is 2.87. The van der Waals surface area contributed by atoms with Gasteiger partial charge in [0.1, 0.15) is 0 Å². The number of carbonyl (C=O) groups is 1. The summed E-state index contributed by atoms with van der Waals surface area (Å²) in [4.78, 5) is 32.7. The molecule has 0 saturated heterocycles. The van der Waals surface area contributed by atoms with Crippen molar-refractivity contribution in [2.75, 3.05) is 6.61 Å². The molecule has 0 saturated carbocycles. The zero-order valence-corrected chi connectivity index (χ0v) is 13.6. The molecule has 6 heteroatoms. The van der Waals surface area contributed by atoms with Crippen molar-refractivity contribution in [3.05, 3.63) is 71.8 Å². The zero-order valence-electron chi connectivity index (χ0n) is 12.8. The van der Waals surface area contributed by atoms with Crippen molar-refractivity contribution in [2.45, 2.75) is 18.5 Å². The predicted molar refractivity (Wildman–Crippen MR) is 86.9 cm³/mol. The van der Waals surface area contributed by atoms with Gasteiger partial charge in [0.2, 0.25) is 0 Å².